The van der Waals surface area contributed by atoms with Crippen LogP contribution in [-0.4, -0.2) is 49.6 Å². The number of benzene rings is 1. The average molecular weight is 331 g/mol. The molecule has 1 rings (SSSR count). The largest absolute Gasteiger partial charge is 0.480 e. The van der Waals surface area contributed by atoms with Crippen LogP contribution < -0.4 is 5.32 Å². The van der Waals surface area contributed by atoms with E-state index in [0.29, 0.717) is 17.9 Å². The maximum atomic E-state index is 11.8. The summed E-state index contributed by atoms with van der Waals surface area (Å²) in [4.78, 5) is 11.8. The zero-order valence-electron chi connectivity index (χ0n) is 12.2. The number of hydrogen-bond donors (Lipinski definition) is 2. The molecule has 118 valence electrons. The van der Waals surface area contributed by atoms with Crippen molar-refractivity contribution < 1.29 is 18.3 Å². The molecule has 0 saturated heterocycles. The third kappa shape index (κ3) is 5.33. The number of rotatable bonds is 9. The van der Waals surface area contributed by atoms with E-state index in [9.17, 15) is 18.3 Å². The molecule has 2 N–H and O–H groups in total. The molecule has 0 aromatic heterocycles. The molecule has 0 aliphatic heterocycles. The summed E-state index contributed by atoms with van der Waals surface area (Å²) in [7, 11) is -3.03. The molecule has 5 nitrogen and oxygen atoms in total. The minimum Gasteiger partial charge on any atom is -0.480 e. The summed E-state index contributed by atoms with van der Waals surface area (Å²) in [5, 5.41) is 12.7. The molecular weight excluding hydrogens is 310 g/mol. The Morgan fingerprint density at radius 2 is 1.95 bits per heavy atom. The Hall–Kier alpha value is -1.05. The summed E-state index contributed by atoms with van der Waals surface area (Å²) in [5.74, 6) is -0.252. The highest BCUT2D eigenvalue weighted by Crippen LogP contribution is 2.26. The number of sulfone groups is 1. The van der Waals surface area contributed by atoms with Crippen molar-refractivity contribution in [2.75, 3.05) is 30.1 Å². The van der Waals surface area contributed by atoms with Crippen LogP contribution in [0.4, 0.5) is 0 Å². The van der Waals surface area contributed by atoms with Gasteiger partial charge < -0.3 is 5.11 Å². The monoisotopic (exact) mass is 331 g/mol. The lowest BCUT2D eigenvalue weighted by Crippen LogP contribution is -2.51. The van der Waals surface area contributed by atoms with Gasteiger partial charge in [-0.25, -0.2) is 13.2 Å². The number of carbonyl (C=O) groups is 1. The van der Waals surface area contributed by atoms with Gasteiger partial charge in [-0.3, -0.25) is 5.32 Å². The Morgan fingerprint density at radius 1 is 1.33 bits per heavy atom. The molecular formula is C14H21NO4S2. The van der Waals surface area contributed by atoms with Crippen LogP contribution in [0.1, 0.15) is 12.5 Å². The maximum absolute atomic E-state index is 11.8. The minimum atomic E-state index is -3.03. The average Bonchev–Trinajstić information content (AvgIpc) is 2.42. The van der Waals surface area contributed by atoms with Crippen LogP contribution >= 0.6 is 11.8 Å². The molecule has 0 saturated carbocycles. The van der Waals surface area contributed by atoms with Crippen molar-refractivity contribution in [1.82, 2.24) is 5.32 Å². The Morgan fingerprint density at radius 3 is 2.43 bits per heavy atom. The third-order valence-corrected chi connectivity index (χ3v) is 5.36. The van der Waals surface area contributed by atoms with Crippen molar-refractivity contribution in [1.29, 1.82) is 0 Å². The quantitative estimate of drug-likeness (QED) is 0.665. The molecule has 1 atom stereocenters. The van der Waals surface area contributed by atoms with Gasteiger partial charge in [-0.2, -0.15) is 11.8 Å². The second kappa shape index (κ2) is 7.82. The number of nitrogens with one attached hydrogen (secondary N) is 1. The molecule has 0 aliphatic rings. The first-order valence-corrected chi connectivity index (χ1v) is 9.83. The first kappa shape index (κ1) is 18.0. The highest BCUT2D eigenvalue weighted by Gasteiger charge is 2.39. The smallest absolute Gasteiger partial charge is 0.329 e. The highest BCUT2D eigenvalue weighted by molar-refractivity contribution is 8.00. The SMILES string of the molecule is CCNC(CSCCS(C)(=O)=O)(C(=O)O)c1ccccc1. The number of thioether (sulfide) groups is 1. The van der Waals surface area contributed by atoms with Crippen molar-refractivity contribution in [2.24, 2.45) is 0 Å². The van der Waals surface area contributed by atoms with E-state index in [1.165, 1.54) is 18.0 Å². The number of hydrogen-bond acceptors (Lipinski definition) is 5. The molecule has 21 heavy (non-hydrogen) atoms. The molecule has 0 amide bonds. The Kier molecular flexibility index (Phi) is 6.70. The van der Waals surface area contributed by atoms with Crippen LogP contribution in [0.2, 0.25) is 0 Å². The van der Waals surface area contributed by atoms with Gasteiger partial charge in [0.1, 0.15) is 9.84 Å². The minimum absolute atomic E-state index is 0.0499. The van der Waals surface area contributed by atoms with E-state index < -0.39 is 21.3 Å². The summed E-state index contributed by atoms with van der Waals surface area (Å²) in [5.41, 5.74) is -0.524. The lowest BCUT2D eigenvalue weighted by molar-refractivity contribution is -0.144. The van der Waals surface area contributed by atoms with E-state index in [2.05, 4.69) is 5.32 Å². The van der Waals surface area contributed by atoms with E-state index in [0.717, 1.165) is 0 Å². The third-order valence-electron chi connectivity index (χ3n) is 3.03. The maximum Gasteiger partial charge on any atom is 0.329 e. The lowest BCUT2D eigenvalue weighted by Gasteiger charge is -2.30. The van der Waals surface area contributed by atoms with Crippen LogP contribution in [0.15, 0.2) is 30.3 Å². The molecule has 1 unspecified atom stereocenters. The number of likely N-dealkylation sites (N-methyl/N-ethyl adjacent to an activating group) is 1. The van der Waals surface area contributed by atoms with Gasteiger partial charge in [0.05, 0.1) is 5.75 Å². The molecule has 0 bridgehead atoms. The first-order valence-electron chi connectivity index (χ1n) is 6.61. The van der Waals surface area contributed by atoms with Crippen LogP contribution in [0.25, 0.3) is 0 Å². The number of carboxylic acids is 1. The van der Waals surface area contributed by atoms with Gasteiger partial charge in [-0.1, -0.05) is 37.3 Å². The second-order valence-electron chi connectivity index (χ2n) is 4.79. The topological polar surface area (TPSA) is 83.5 Å². The summed E-state index contributed by atoms with van der Waals surface area (Å²) in [6.07, 6.45) is 1.18. The number of carboxylic acid groups (broad SMARTS) is 1. The van der Waals surface area contributed by atoms with Crippen molar-refractivity contribution in [3.05, 3.63) is 35.9 Å². The summed E-state index contributed by atoms with van der Waals surface area (Å²) >= 11 is 1.33. The van der Waals surface area contributed by atoms with E-state index >= 15 is 0 Å². The van der Waals surface area contributed by atoms with E-state index in [4.69, 9.17) is 0 Å². The Labute approximate surface area is 130 Å². The van der Waals surface area contributed by atoms with Crippen LogP contribution in [0.5, 0.6) is 0 Å². The van der Waals surface area contributed by atoms with Gasteiger partial charge in [0, 0.05) is 17.8 Å². The Balaban J connectivity index is 2.89. The van der Waals surface area contributed by atoms with Crippen LogP contribution in [0.3, 0.4) is 0 Å². The van der Waals surface area contributed by atoms with Gasteiger partial charge >= 0.3 is 5.97 Å². The van der Waals surface area contributed by atoms with Gasteiger partial charge in [0.25, 0.3) is 0 Å². The predicted molar refractivity (Wildman–Crippen MR) is 86.5 cm³/mol. The molecule has 0 fully saturated rings. The molecule has 0 spiro atoms. The van der Waals surface area contributed by atoms with Gasteiger partial charge in [0.15, 0.2) is 5.54 Å². The van der Waals surface area contributed by atoms with Crippen molar-refractivity contribution in [3.63, 3.8) is 0 Å². The van der Waals surface area contributed by atoms with Crippen LogP contribution in [0, 0.1) is 0 Å². The molecule has 0 aliphatic carbocycles. The predicted octanol–water partition coefficient (Wildman–Crippen LogP) is 1.35. The second-order valence-corrected chi connectivity index (χ2v) is 8.15. The molecule has 0 radical (unpaired) electrons. The summed E-state index contributed by atoms with van der Waals surface area (Å²) < 4.78 is 22.3. The van der Waals surface area contributed by atoms with Crippen molar-refractivity contribution >= 4 is 27.6 Å². The van der Waals surface area contributed by atoms with Crippen molar-refractivity contribution in [2.45, 2.75) is 12.5 Å². The Bertz CT molecular complexity index is 560. The van der Waals surface area contributed by atoms with Crippen molar-refractivity contribution in [3.8, 4) is 0 Å². The van der Waals surface area contributed by atoms with Gasteiger partial charge in [0.2, 0.25) is 0 Å². The molecule has 1 aromatic carbocycles. The summed E-state index contributed by atoms with van der Waals surface area (Å²) in [6, 6.07) is 8.97. The van der Waals surface area contributed by atoms with Crippen LogP contribution in [-0.2, 0) is 20.2 Å². The standard InChI is InChI=1S/C14H21NO4S2/c1-3-15-14(13(16)17,12-7-5-4-6-8-12)11-20-9-10-21(2,18)19/h4-8,15H,3,9-11H2,1-2H3,(H,16,17). The fourth-order valence-electron chi connectivity index (χ4n) is 1.96. The first-order chi connectivity index (χ1) is 9.82. The van der Waals surface area contributed by atoms with Gasteiger partial charge in [-0.15, -0.1) is 0 Å². The fourth-order valence-corrected chi connectivity index (χ4v) is 4.48. The molecule has 7 heteroatoms. The summed E-state index contributed by atoms with van der Waals surface area (Å²) in [6.45, 7) is 2.36. The lowest BCUT2D eigenvalue weighted by atomic mass is 9.92. The molecule has 0 heterocycles. The fraction of sp³-hybridized carbons (Fsp3) is 0.500. The van der Waals surface area contributed by atoms with E-state index in [1.807, 2.05) is 13.0 Å². The molecule has 1 aromatic rings. The van der Waals surface area contributed by atoms with E-state index in [1.54, 1.807) is 24.3 Å². The zero-order valence-corrected chi connectivity index (χ0v) is 13.8. The van der Waals surface area contributed by atoms with Gasteiger partial charge in [-0.05, 0) is 12.1 Å². The number of aliphatic carboxylic acids is 1. The normalized spacial score (nSPS) is 14.6. The zero-order chi connectivity index (χ0) is 15.9. The van der Waals surface area contributed by atoms with E-state index in [-0.39, 0.29) is 11.5 Å². The highest BCUT2D eigenvalue weighted by atomic mass is 32.2.